The van der Waals surface area contributed by atoms with E-state index in [-0.39, 0.29) is 17.3 Å². The largest absolute Gasteiger partial charge is 0.487 e. The second-order valence-electron chi connectivity index (χ2n) is 5.30. The Hall–Kier alpha value is -2.44. The maximum atomic E-state index is 12.9. The number of hydrogen-bond donors (Lipinski definition) is 1. The summed E-state index contributed by atoms with van der Waals surface area (Å²) in [6.45, 7) is 1.92. The molecule has 0 aliphatic rings. The number of aryl methyl sites for hydroxylation is 1. The first-order valence-corrected chi connectivity index (χ1v) is 8.51. The lowest BCUT2D eigenvalue weighted by molar-refractivity contribution is 0.0701. The van der Waals surface area contributed by atoms with Gasteiger partial charge in [0.2, 0.25) is 0 Å². The Kier molecular flexibility index (Phi) is 5.01. The lowest BCUT2D eigenvalue weighted by Crippen LogP contribution is -1.96. The van der Waals surface area contributed by atoms with E-state index in [1.165, 1.54) is 12.1 Å². The zero-order valence-electron chi connectivity index (χ0n) is 13.1. The highest BCUT2D eigenvalue weighted by Crippen LogP contribution is 2.34. The van der Waals surface area contributed by atoms with Crippen LogP contribution in [0.15, 0.2) is 42.5 Å². The van der Waals surface area contributed by atoms with Crippen LogP contribution in [0.25, 0.3) is 10.6 Å². The molecule has 2 aromatic carbocycles. The van der Waals surface area contributed by atoms with Crippen LogP contribution in [0.1, 0.15) is 20.9 Å². The average Bonchev–Trinajstić information content (AvgIpc) is 2.97. The third-order valence-corrected chi connectivity index (χ3v) is 4.97. The SMILES string of the molecule is Cc1nc(-c2ccc(OCc3ccc(F)cc3)c(Cl)c2)sc1C(=O)O. The zero-order valence-corrected chi connectivity index (χ0v) is 14.7. The van der Waals surface area contributed by atoms with Gasteiger partial charge in [0, 0.05) is 5.56 Å². The number of ether oxygens (including phenoxy) is 1. The molecule has 0 saturated carbocycles. The smallest absolute Gasteiger partial charge is 0.347 e. The summed E-state index contributed by atoms with van der Waals surface area (Å²) in [5, 5.41) is 10.1. The van der Waals surface area contributed by atoms with Gasteiger partial charge in [0.15, 0.2) is 0 Å². The number of aromatic carboxylic acids is 1. The van der Waals surface area contributed by atoms with Gasteiger partial charge in [-0.25, -0.2) is 14.2 Å². The number of nitrogens with zero attached hydrogens (tertiary/aromatic N) is 1. The summed E-state index contributed by atoms with van der Waals surface area (Å²) in [6.07, 6.45) is 0. The van der Waals surface area contributed by atoms with Crippen LogP contribution in [0.3, 0.4) is 0 Å². The van der Waals surface area contributed by atoms with Crippen molar-refractivity contribution in [1.82, 2.24) is 4.98 Å². The Labute approximate surface area is 152 Å². The molecule has 0 aliphatic carbocycles. The number of hydrogen-bond acceptors (Lipinski definition) is 4. The number of thiazole rings is 1. The van der Waals surface area contributed by atoms with Crippen molar-refractivity contribution in [3.8, 4) is 16.3 Å². The van der Waals surface area contributed by atoms with Gasteiger partial charge in [0.05, 0.1) is 10.7 Å². The van der Waals surface area contributed by atoms with Gasteiger partial charge < -0.3 is 9.84 Å². The zero-order chi connectivity index (χ0) is 18.0. The Balaban J connectivity index is 1.77. The molecule has 4 nitrogen and oxygen atoms in total. The average molecular weight is 378 g/mol. The molecule has 25 heavy (non-hydrogen) atoms. The highest BCUT2D eigenvalue weighted by Gasteiger charge is 2.16. The lowest BCUT2D eigenvalue weighted by Gasteiger charge is -2.09. The summed E-state index contributed by atoms with van der Waals surface area (Å²) in [5.74, 6) is -0.807. The number of aromatic nitrogens is 1. The van der Waals surface area contributed by atoms with Crippen molar-refractivity contribution in [2.24, 2.45) is 0 Å². The van der Waals surface area contributed by atoms with Crippen molar-refractivity contribution in [3.05, 3.63) is 69.4 Å². The van der Waals surface area contributed by atoms with Gasteiger partial charge in [-0.05, 0) is 42.8 Å². The van der Waals surface area contributed by atoms with Crippen molar-refractivity contribution in [2.75, 3.05) is 0 Å². The summed E-state index contributed by atoms with van der Waals surface area (Å²) in [5.41, 5.74) is 2.02. The van der Waals surface area contributed by atoms with Gasteiger partial charge in [-0.2, -0.15) is 0 Å². The fourth-order valence-electron chi connectivity index (χ4n) is 2.21. The van der Waals surface area contributed by atoms with Crippen LogP contribution in [0, 0.1) is 12.7 Å². The van der Waals surface area contributed by atoms with Crippen LogP contribution < -0.4 is 4.74 Å². The molecule has 0 spiro atoms. The van der Waals surface area contributed by atoms with E-state index in [2.05, 4.69) is 4.98 Å². The Morgan fingerprint density at radius 2 is 2.00 bits per heavy atom. The number of carbonyl (C=O) groups is 1. The predicted octanol–water partition coefficient (Wildman–Crippen LogP) is 5.19. The van der Waals surface area contributed by atoms with Crippen LogP contribution in [0.5, 0.6) is 5.75 Å². The molecular weight excluding hydrogens is 365 g/mol. The molecule has 0 radical (unpaired) electrons. The maximum absolute atomic E-state index is 12.9. The molecule has 7 heteroatoms. The maximum Gasteiger partial charge on any atom is 0.347 e. The van der Waals surface area contributed by atoms with E-state index in [0.717, 1.165) is 22.5 Å². The highest BCUT2D eigenvalue weighted by atomic mass is 35.5. The second kappa shape index (κ2) is 7.21. The standard InChI is InChI=1S/C18H13ClFNO3S/c1-10-16(18(22)23)25-17(21-10)12-4-7-15(14(19)8-12)24-9-11-2-5-13(20)6-3-11/h2-8H,9H2,1H3,(H,22,23). The highest BCUT2D eigenvalue weighted by molar-refractivity contribution is 7.17. The molecule has 3 aromatic rings. The summed E-state index contributed by atoms with van der Waals surface area (Å²) in [6, 6.07) is 11.2. The number of carboxylic acids is 1. The number of rotatable bonds is 5. The Morgan fingerprint density at radius 1 is 1.28 bits per heavy atom. The van der Waals surface area contributed by atoms with Crippen LogP contribution in [-0.4, -0.2) is 16.1 Å². The van der Waals surface area contributed by atoms with E-state index < -0.39 is 5.97 Å². The third-order valence-electron chi connectivity index (χ3n) is 3.48. The van der Waals surface area contributed by atoms with E-state index in [1.54, 1.807) is 37.3 Å². The summed E-state index contributed by atoms with van der Waals surface area (Å²) in [7, 11) is 0. The fraction of sp³-hybridized carbons (Fsp3) is 0.111. The molecule has 0 atom stereocenters. The minimum absolute atomic E-state index is 0.211. The van der Waals surface area contributed by atoms with Gasteiger partial charge in [-0.1, -0.05) is 23.7 Å². The molecule has 128 valence electrons. The van der Waals surface area contributed by atoms with Crippen LogP contribution in [0.4, 0.5) is 4.39 Å². The monoisotopic (exact) mass is 377 g/mol. The van der Waals surface area contributed by atoms with Gasteiger partial charge in [0.25, 0.3) is 0 Å². The third kappa shape index (κ3) is 3.97. The summed E-state index contributed by atoms with van der Waals surface area (Å²) in [4.78, 5) is 15.6. The first-order valence-electron chi connectivity index (χ1n) is 7.32. The van der Waals surface area contributed by atoms with Crippen molar-refractivity contribution >= 4 is 28.9 Å². The minimum atomic E-state index is -0.994. The number of benzene rings is 2. The first kappa shape index (κ1) is 17.4. The van der Waals surface area contributed by atoms with Crippen molar-refractivity contribution in [2.45, 2.75) is 13.5 Å². The van der Waals surface area contributed by atoms with E-state index in [9.17, 15) is 9.18 Å². The van der Waals surface area contributed by atoms with Crippen molar-refractivity contribution in [1.29, 1.82) is 0 Å². The normalized spacial score (nSPS) is 10.7. The number of halogens is 2. The lowest BCUT2D eigenvalue weighted by atomic mass is 10.2. The van der Waals surface area contributed by atoms with Crippen LogP contribution >= 0.6 is 22.9 Å². The molecule has 0 unspecified atom stereocenters. The molecule has 0 bridgehead atoms. The fourth-order valence-corrected chi connectivity index (χ4v) is 3.35. The Morgan fingerprint density at radius 3 is 2.60 bits per heavy atom. The molecule has 0 saturated heterocycles. The van der Waals surface area contributed by atoms with Gasteiger partial charge in [0.1, 0.15) is 28.1 Å². The van der Waals surface area contributed by atoms with E-state index in [0.29, 0.717) is 21.5 Å². The number of carboxylic acid groups (broad SMARTS) is 1. The quantitative estimate of drug-likeness (QED) is 0.664. The molecular formula is C18H13ClFNO3S. The molecule has 0 aliphatic heterocycles. The molecule has 0 fully saturated rings. The molecule has 1 heterocycles. The molecule has 1 aromatic heterocycles. The Bertz CT molecular complexity index is 925. The predicted molar refractivity (Wildman–Crippen MR) is 95.0 cm³/mol. The van der Waals surface area contributed by atoms with Crippen LogP contribution in [0.2, 0.25) is 5.02 Å². The molecule has 0 amide bonds. The van der Waals surface area contributed by atoms with Gasteiger partial charge in [-0.15, -0.1) is 11.3 Å². The van der Waals surface area contributed by atoms with E-state index in [4.69, 9.17) is 21.4 Å². The van der Waals surface area contributed by atoms with Crippen molar-refractivity contribution in [3.63, 3.8) is 0 Å². The van der Waals surface area contributed by atoms with Gasteiger partial charge in [-0.3, -0.25) is 0 Å². The second-order valence-corrected chi connectivity index (χ2v) is 6.71. The first-order chi connectivity index (χ1) is 11.9. The minimum Gasteiger partial charge on any atom is -0.487 e. The molecule has 3 rings (SSSR count). The van der Waals surface area contributed by atoms with Gasteiger partial charge >= 0.3 is 5.97 Å². The summed E-state index contributed by atoms with van der Waals surface area (Å²) < 4.78 is 18.6. The van der Waals surface area contributed by atoms with E-state index in [1.807, 2.05) is 0 Å². The van der Waals surface area contributed by atoms with E-state index >= 15 is 0 Å². The topological polar surface area (TPSA) is 59.4 Å². The van der Waals surface area contributed by atoms with Crippen LogP contribution in [-0.2, 0) is 6.61 Å². The van der Waals surface area contributed by atoms with Crippen molar-refractivity contribution < 1.29 is 19.0 Å². The molecule has 1 N–H and O–H groups in total. The summed E-state index contributed by atoms with van der Waals surface area (Å²) >= 11 is 7.36.